The van der Waals surface area contributed by atoms with Gasteiger partial charge >= 0.3 is 5.97 Å². The first-order chi connectivity index (χ1) is 14.7. The summed E-state index contributed by atoms with van der Waals surface area (Å²) in [5, 5.41) is 19.3. The van der Waals surface area contributed by atoms with E-state index in [2.05, 4.69) is 47.0 Å². The SMILES string of the molecule is Cn1nc(C(=O)O)c(=O)c2c(N)c(F)c(NCCN[C@@H]3C[C@H]3C3(C)C=CC=CC3)cc21. The second kappa shape index (κ2) is 7.81. The molecule has 2 aliphatic rings. The van der Waals surface area contributed by atoms with E-state index in [1.165, 1.54) is 17.8 Å². The summed E-state index contributed by atoms with van der Waals surface area (Å²) >= 11 is 0. The number of rotatable bonds is 7. The Hall–Kier alpha value is -3.20. The Morgan fingerprint density at radius 2 is 2.19 bits per heavy atom. The number of halogens is 1. The number of carboxylic acid groups (broad SMARTS) is 1. The molecule has 1 saturated carbocycles. The number of nitrogen functional groups attached to an aromatic ring is 1. The fraction of sp³-hybridized carbons (Fsp3) is 0.409. The van der Waals surface area contributed by atoms with Crippen LogP contribution in [0, 0.1) is 17.2 Å². The van der Waals surface area contributed by atoms with Gasteiger partial charge in [-0.25, -0.2) is 9.18 Å². The third-order valence-electron chi connectivity index (χ3n) is 6.29. The van der Waals surface area contributed by atoms with E-state index in [4.69, 9.17) is 10.8 Å². The molecule has 164 valence electrons. The van der Waals surface area contributed by atoms with Gasteiger partial charge in [0, 0.05) is 26.2 Å². The van der Waals surface area contributed by atoms with Crippen molar-refractivity contribution in [3.05, 3.63) is 52.1 Å². The zero-order chi connectivity index (χ0) is 22.3. The van der Waals surface area contributed by atoms with Gasteiger partial charge in [0.15, 0.2) is 5.82 Å². The van der Waals surface area contributed by atoms with E-state index in [9.17, 15) is 14.0 Å². The lowest BCUT2D eigenvalue weighted by Crippen LogP contribution is -2.29. The van der Waals surface area contributed by atoms with Crippen molar-refractivity contribution >= 4 is 28.2 Å². The molecule has 0 spiro atoms. The maximum Gasteiger partial charge on any atom is 0.360 e. The van der Waals surface area contributed by atoms with Gasteiger partial charge in [0.2, 0.25) is 11.1 Å². The van der Waals surface area contributed by atoms with Crippen LogP contribution in [0.15, 0.2) is 35.2 Å². The second-order valence-electron chi connectivity index (χ2n) is 8.48. The zero-order valence-corrected chi connectivity index (χ0v) is 17.5. The minimum absolute atomic E-state index is 0.145. The van der Waals surface area contributed by atoms with Gasteiger partial charge in [-0.1, -0.05) is 31.2 Å². The van der Waals surface area contributed by atoms with E-state index in [-0.39, 0.29) is 27.7 Å². The van der Waals surface area contributed by atoms with Crippen LogP contribution in [0.25, 0.3) is 10.9 Å². The quantitative estimate of drug-likeness (QED) is 0.395. The first-order valence-corrected chi connectivity index (χ1v) is 10.3. The van der Waals surface area contributed by atoms with Crippen LogP contribution in [0.1, 0.15) is 30.3 Å². The van der Waals surface area contributed by atoms with Gasteiger partial charge in [0.25, 0.3) is 0 Å². The van der Waals surface area contributed by atoms with Crippen LogP contribution in [0.2, 0.25) is 0 Å². The molecule has 3 atom stereocenters. The highest BCUT2D eigenvalue weighted by molar-refractivity contribution is 5.97. The number of carboxylic acids is 1. The van der Waals surface area contributed by atoms with Crippen LogP contribution in [0.5, 0.6) is 0 Å². The second-order valence-corrected chi connectivity index (χ2v) is 8.48. The summed E-state index contributed by atoms with van der Waals surface area (Å²) in [4.78, 5) is 23.6. The number of nitrogens with two attached hydrogens (primary N) is 1. The summed E-state index contributed by atoms with van der Waals surface area (Å²) in [5.74, 6) is -1.67. The number of fused-ring (bicyclic) bond motifs is 1. The molecule has 0 saturated heterocycles. The molecule has 2 aliphatic carbocycles. The van der Waals surface area contributed by atoms with Gasteiger partial charge in [-0.05, 0) is 30.2 Å². The third-order valence-corrected chi connectivity index (χ3v) is 6.29. The number of hydrogen-bond donors (Lipinski definition) is 4. The predicted molar refractivity (Wildman–Crippen MR) is 118 cm³/mol. The summed E-state index contributed by atoms with van der Waals surface area (Å²) in [7, 11) is 1.49. The van der Waals surface area contributed by atoms with Gasteiger partial charge in [-0.15, -0.1) is 0 Å². The molecule has 1 unspecified atom stereocenters. The Morgan fingerprint density at radius 1 is 1.42 bits per heavy atom. The number of allylic oxidation sites excluding steroid dienone is 4. The van der Waals surface area contributed by atoms with E-state index in [1.807, 2.05) is 0 Å². The summed E-state index contributed by atoms with van der Waals surface area (Å²) in [6.07, 6.45) is 10.8. The van der Waals surface area contributed by atoms with Crippen molar-refractivity contribution in [2.24, 2.45) is 18.4 Å². The lowest BCUT2D eigenvalue weighted by atomic mass is 9.79. The average molecular weight is 427 g/mol. The Labute approximate surface area is 178 Å². The fourth-order valence-corrected chi connectivity index (χ4v) is 4.42. The molecule has 31 heavy (non-hydrogen) atoms. The summed E-state index contributed by atoms with van der Waals surface area (Å²) < 4.78 is 16.0. The molecule has 2 aromatic rings. The van der Waals surface area contributed by atoms with E-state index in [0.29, 0.717) is 25.0 Å². The Morgan fingerprint density at radius 3 is 2.87 bits per heavy atom. The minimum atomic E-state index is -1.48. The molecule has 1 fully saturated rings. The number of nitrogens with zero attached hydrogens (tertiary/aromatic N) is 2. The molecule has 5 N–H and O–H groups in total. The predicted octanol–water partition coefficient (Wildman–Crippen LogP) is 2.27. The Kier molecular flexibility index (Phi) is 5.30. The van der Waals surface area contributed by atoms with Gasteiger partial charge in [0.05, 0.1) is 22.3 Å². The normalized spacial score (nSPS) is 24.5. The van der Waals surface area contributed by atoms with Crippen molar-refractivity contribution in [2.45, 2.75) is 25.8 Å². The molecule has 1 aromatic carbocycles. The van der Waals surface area contributed by atoms with Gasteiger partial charge < -0.3 is 21.5 Å². The van der Waals surface area contributed by atoms with Gasteiger partial charge in [-0.2, -0.15) is 5.10 Å². The van der Waals surface area contributed by atoms with Crippen LogP contribution in [0.4, 0.5) is 15.8 Å². The lowest BCUT2D eigenvalue weighted by molar-refractivity contribution is 0.0687. The van der Waals surface area contributed by atoms with E-state index in [1.54, 1.807) is 0 Å². The highest BCUT2D eigenvalue weighted by atomic mass is 19.1. The molecule has 0 aliphatic heterocycles. The van der Waals surface area contributed by atoms with Gasteiger partial charge in [0.1, 0.15) is 0 Å². The molecule has 9 heteroatoms. The van der Waals surface area contributed by atoms with Crippen molar-refractivity contribution in [3.63, 3.8) is 0 Å². The van der Waals surface area contributed by atoms with Crippen LogP contribution in [-0.4, -0.2) is 40.0 Å². The van der Waals surface area contributed by atoms with Crippen LogP contribution in [-0.2, 0) is 7.05 Å². The molecule has 8 nitrogen and oxygen atoms in total. The number of aromatic carboxylic acids is 1. The number of aryl methyl sites for hydroxylation is 1. The topological polar surface area (TPSA) is 122 Å². The molecule has 1 heterocycles. The van der Waals surface area contributed by atoms with Crippen LogP contribution in [0.3, 0.4) is 0 Å². The number of aromatic nitrogens is 2. The minimum Gasteiger partial charge on any atom is -0.476 e. The molecule has 0 amide bonds. The van der Waals surface area contributed by atoms with Crippen molar-refractivity contribution in [3.8, 4) is 0 Å². The zero-order valence-electron chi connectivity index (χ0n) is 17.5. The summed E-state index contributed by atoms with van der Waals surface area (Å²) in [5.41, 5.74) is 4.48. The Balaban J connectivity index is 1.43. The van der Waals surface area contributed by atoms with Crippen molar-refractivity contribution in [1.82, 2.24) is 15.1 Å². The highest BCUT2D eigenvalue weighted by Crippen LogP contribution is 2.49. The van der Waals surface area contributed by atoms with Crippen LogP contribution < -0.4 is 21.8 Å². The fourth-order valence-electron chi connectivity index (χ4n) is 4.42. The smallest absolute Gasteiger partial charge is 0.360 e. The summed E-state index contributed by atoms with van der Waals surface area (Å²) in [6, 6.07) is 1.87. The van der Waals surface area contributed by atoms with Crippen molar-refractivity contribution < 1.29 is 14.3 Å². The molecular weight excluding hydrogens is 401 g/mol. The maximum absolute atomic E-state index is 14.8. The lowest BCUT2D eigenvalue weighted by Gasteiger charge is -2.27. The highest BCUT2D eigenvalue weighted by Gasteiger charge is 2.48. The van der Waals surface area contributed by atoms with Gasteiger partial charge in [-0.3, -0.25) is 9.48 Å². The molecule has 0 radical (unpaired) electrons. The van der Waals surface area contributed by atoms with Crippen LogP contribution >= 0.6 is 0 Å². The molecular formula is C22H26FN5O3. The van der Waals surface area contributed by atoms with E-state index in [0.717, 1.165) is 12.8 Å². The number of carbonyl (C=O) groups is 1. The summed E-state index contributed by atoms with van der Waals surface area (Å²) in [6.45, 7) is 3.38. The molecule has 4 rings (SSSR count). The average Bonchev–Trinajstić information content (AvgIpc) is 3.52. The first-order valence-electron chi connectivity index (χ1n) is 10.3. The largest absolute Gasteiger partial charge is 0.476 e. The standard InChI is InChI=1S/C22H26FN5O3/c1-22(6-4-3-5-7-22)12-10-13(12)25-8-9-26-14-11-15-16(18(24)17(14)23)20(29)19(21(30)31)27-28(15)2/h3-6,11-13,25-26H,7-10,24H2,1-2H3,(H,30,31)/t12-,13-,22?/m1/s1. The van der Waals surface area contributed by atoms with E-state index < -0.39 is 22.9 Å². The third kappa shape index (κ3) is 3.81. The number of nitrogens with one attached hydrogen (secondary N) is 2. The first kappa shape index (κ1) is 21.0. The number of hydrogen-bond acceptors (Lipinski definition) is 6. The van der Waals surface area contributed by atoms with E-state index >= 15 is 0 Å². The van der Waals surface area contributed by atoms with Crippen molar-refractivity contribution in [1.29, 1.82) is 0 Å². The number of anilines is 2. The number of benzene rings is 1. The maximum atomic E-state index is 14.8. The Bertz CT molecular complexity index is 1170. The monoisotopic (exact) mass is 427 g/mol. The molecule has 0 bridgehead atoms. The van der Waals surface area contributed by atoms with Crippen molar-refractivity contribution in [2.75, 3.05) is 24.1 Å². The molecule has 1 aromatic heterocycles.